The second-order valence-electron chi connectivity index (χ2n) is 7.06. The highest BCUT2D eigenvalue weighted by molar-refractivity contribution is 7.88. The smallest absolute Gasteiger partial charge is 0.217 e. The van der Waals surface area contributed by atoms with E-state index in [1.165, 1.54) is 12.8 Å². The van der Waals surface area contributed by atoms with E-state index in [0.29, 0.717) is 34.9 Å². The topological polar surface area (TPSA) is 113 Å². The molecule has 0 unspecified atom stereocenters. The van der Waals surface area contributed by atoms with Crippen molar-refractivity contribution in [2.45, 2.75) is 25.5 Å². The molecule has 0 bridgehead atoms. The summed E-state index contributed by atoms with van der Waals surface area (Å²) in [6, 6.07) is 9.12. The van der Waals surface area contributed by atoms with E-state index >= 15 is 0 Å². The number of hydrogen-bond acceptors (Lipinski definition) is 8. The van der Waals surface area contributed by atoms with Crippen molar-refractivity contribution >= 4 is 32.6 Å². The van der Waals surface area contributed by atoms with Gasteiger partial charge >= 0.3 is 0 Å². The SMILES string of the molecule is Cc1nc(NCCNS(=O)(=O)Cc2noc3ccccc23)cc(N2CCCC2)n1. The van der Waals surface area contributed by atoms with Crippen LogP contribution in [0.4, 0.5) is 11.6 Å². The Bertz CT molecular complexity index is 1090. The van der Waals surface area contributed by atoms with E-state index in [9.17, 15) is 8.42 Å². The summed E-state index contributed by atoms with van der Waals surface area (Å²) in [4.78, 5) is 11.1. The Labute approximate surface area is 169 Å². The molecule has 0 aliphatic carbocycles. The average molecular weight is 417 g/mol. The molecule has 1 saturated heterocycles. The van der Waals surface area contributed by atoms with Gasteiger partial charge < -0.3 is 14.7 Å². The monoisotopic (exact) mass is 416 g/mol. The number of nitrogens with zero attached hydrogens (tertiary/aromatic N) is 4. The molecule has 0 amide bonds. The van der Waals surface area contributed by atoms with Gasteiger partial charge in [0, 0.05) is 37.6 Å². The predicted octanol–water partition coefficient (Wildman–Crippen LogP) is 2.06. The Balaban J connectivity index is 1.32. The zero-order chi connectivity index (χ0) is 20.3. The summed E-state index contributed by atoms with van der Waals surface area (Å²) in [5.41, 5.74) is 0.982. The zero-order valence-corrected chi connectivity index (χ0v) is 17.1. The average Bonchev–Trinajstić information content (AvgIpc) is 3.36. The number of fused-ring (bicyclic) bond motifs is 1. The first-order chi connectivity index (χ1) is 14.0. The summed E-state index contributed by atoms with van der Waals surface area (Å²) >= 11 is 0. The van der Waals surface area contributed by atoms with Gasteiger partial charge in [0.1, 0.15) is 28.9 Å². The third-order valence-electron chi connectivity index (χ3n) is 4.79. The molecule has 0 atom stereocenters. The van der Waals surface area contributed by atoms with Crippen molar-refractivity contribution in [1.82, 2.24) is 19.8 Å². The Morgan fingerprint density at radius 2 is 1.93 bits per heavy atom. The van der Waals surface area contributed by atoms with Gasteiger partial charge in [-0.15, -0.1) is 0 Å². The van der Waals surface area contributed by atoms with Crippen molar-refractivity contribution in [3.63, 3.8) is 0 Å². The lowest BCUT2D eigenvalue weighted by Gasteiger charge is -2.17. The summed E-state index contributed by atoms with van der Waals surface area (Å²) in [7, 11) is -3.53. The summed E-state index contributed by atoms with van der Waals surface area (Å²) in [6.07, 6.45) is 2.35. The molecule has 3 heterocycles. The number of aromatic nitrogens is 3. The van der Waals surface area contributed by atoms with Crippen molar-refractivity contribution < 1.29 is 12.9 Å². The van der Waals surface area contributed by atoms with E-state index in [1.807, 2.05) is 25.1 Å². The van der Waals surface area contributed by atoms with Gasteiger partial charge in [0.15, 0.2) is 5.58 Å². The number of sulfonamides is 1. The number of benzene rings is 1. The number of aryl methyl sites for hydroxylation is 1. The maximum atomic E-state index is 12.4. The quantitative estimate of drug-likeness (QED) is 0.537. The molecule has 0 spiro atoms. The third kappa shape index (κ3) is 4.83. The fourth-order valence-electron chi connectivity index (χ4n) is 3.42. The lowest BCUT2D eigenvalue weighted by molar-refractivity contribution is 0.448. The first-order valence-electron chi connectivity index (χ1n) is 9.65. The number of para-hydroxylation sites is 1. The molecule has 9 nitrogen and oxygen atoms in total. The number of rotatable bonds is 8. The molecule has 29 heavy (non-hydrogen) atoms. The standard InChI is InChI=1S/C19H24N6O3S/c1-14-22-18(12-19(23-14)25-10-4-5-11-25)20-8-9-21-29(26,27)13-16-15-6-2-3-7-17(15)28-24-16/h2-3,6-7,12,21H,4-5,8-11,13H2,1H3,(H,20,22,23). The van der Waals surface area contributed by atoms with Crippen molar-refractivity contribution in [3.05, 3.63) is 41.9 Å². The molecule has 1 fully saturated rings. The van der Waals surface area contributed by atoms with Crippen LogP contribution in [0, 0.1) is 6.92 Å². The fraction of sp³-hybridized carbons (Fsp3) is 0.421. The van der Waals surface area contributed by atoms with Crippen molar-refractivity contribution in [3.8, 4) is 0 Å². The van der Waals surface area contributed by atoms with E-state index < -0.39 is 10.0 Å². The summed E-state index contributed by atoms with van der Waals surface area (Å²) in [6.45, 7) is 4.52. The first-order valence-corrected chi connectivity index (χ1v) is 11.3. The van der Waals surface area contributed by atoms with Crippen LogP contribution in [0.2, 0.25) is 0 Å². The van der Waals surface area contributed by atoms with E-state index in [1.54, 1.807) is 12.1 Å². The van der Waals surface area contributed by atoms with Gasteiger partial charge in [0.05, 0.1) is 0 Å². The zero-order valence-electron chi connectivity index (χ0n) is 16.3. The molecule has 1 aromatic carbocycles. The Morgan fingerprint density at radius 1 is 1.14 bits per heavy atom. The van der Waals surface area contributed by atoms with Gasteiger partial charge in [-0.05, 0) is 31.9 Å². The second-order valence-corrected chi connectivity index (χ2v) is 8.87. The van der Waals surface area contributed by atoms with Crippen LogP contribution in [0.1, 0.15) is 24.4 Å². The van der Waals surface area contributed by atoms with Gasteiger partial charge in [-0.3, -0.25) is 0 Å². The minimum absolute atomic E-state index is 0.226. The fourth-order valence-corrected chi connectivity index (χ4v) is 4.50. The van der Waals surface area contributed by atoms with Crippen LogP contribution in [0.15, 0.2) is 34.9 Å². The Morgan fingerprint density at radius 3 is 2.76 bits per heavy atom. The van der Waals surface area contributed by atoms with Crippen LogP contribution in [0.3, 0.4) is 0 Å². The second kappa shape index (κ2) is 8.34. The molecule has 4 rings (SSSR count). The van der Waals surface area contributed by atoms with Crippen LogP contribution in [0.5, 0.6) is 0 Å². The van der Waals surface area contributed by atoms with E-state index in [4.69, 9.17) is 4.52 Å². The van der Waals surface area contributed by atoms with Crippen LogP contribution < -0.4 is 14.9 Å². The minimum atomic E-state index is -3.53. The normalized spacial score (nSPS) is 14.6. The largest absolute Gasteiger partial charge is 0.369 e. The molecule has 0 radical (unpaired) electrons. The lowest BCUT2D eigenvalue weighted by atomic mass is 10.2. The van der Waals surface area contributed by atoms with Gasteiger partial charge in [0.25, 0.3) is 0 Å². The molecule has 1 aliphatic rings. The van der Waals surface area contributed by atoms with Gasteiger partial charge in [-0.2, -0.15) is 0 Å². The molecule has 2 N–H and O–H groups in total. The molecule has 2 aromatic heterocycles. The van der Waals surface area contributed by atoms with Crippen molar-refractivity contribution in [2.24, 2.45) is 0 Å². The van der Waals surface area contributed by atoms with Gasteiger partial charge in [0.2, 0.25) is 10.0 Å². The lowest BCUT2D eigenvalue weighted by Crippen LogP contribution is -2.30. The number of hydrogen-bond donors (Lipinski definition) is 2. The highest BCUT2D eigenvalue weighted by atomic mass is 32.2. The molecule has 154 valence electrons. The molecule has 1 aliphatic heterocycles. The van der Waals surface area contributed by atoms with Gasteiger partial charge in [-0.1, -0.05) is 17.3 Å². The van der Waals surface area contributed by atoms with E-state index in [-0.39, 0.29) is 12.3 Å². The highest BCUT2D eigenvalue weighted by Gasteiger charge is 2.17. The molecular weight excluding hydrogens is 392 g/mol. The molecule has 10 heteroatoms. The summed E-state index contributed by atoms with van der Waals surface area (Å²) < 4.78 is 32.5. The van der Waals surface area contributed by atoms with E-state index in [2.05, 4.69) is 30.1 Å². The highest BCUT2D eigenvalue weighted by Crippen LogP contribution is 2.21. The minimum Gasteiger partial charge on any atom is -0.369 e. The molecular formula is C19H24N6O3S. The number of anilines is 2. The van der Waals surface area contributed by atoms with Gasteiger partial charge in [-0.25, -0.2) is 23.1 Å². The maximum Gasteiger partial charge on any atom is 0.217 e. The predicted molar refractivity (Wildman–Crippen MR) is 111 cm³/mol. The molecule has 3 aromatic rings. The van der Waals surface area contributed by atoms with E-state index in [0.717, 1.165) is 18.9 Å². The van der Waals surface area contributed by atoms with Crippen LogP contribution in [-0.4, -0.2) is 49.7 Å². The van der Waals surface area contributed by atoms with Crippen LogP contribution in [-0.2, 0) is 15.8 Å². The van der Waals surface area contributed by atoms with Crippen LogP contribution >= 0.6 is 0 Å². The Kier molecular flexibility index (Phi) is 5.63. The summed E-state index contributed by atoms with van der Waals surface area (Å²) in [5.74, 6) is 2.07. The van der Waals surface area contributed by atoms with Crippen molar-refractivity contribution in [1.29, 1.82) is 0 Å². The summed E-state index contributed by atoms with van der Waals surface area (Å²) in [5, 5.41) is 7.76. The van der Waals surface area contributed by atoms with Crippen molar-refractivity contribution in [2.75, 3.05) is 36.4 Å². The van der Waals surface area contributed by atoms with Crippen LogP contribution in [0.25, 0.3) is 11.0 Å². The first kappa shape index (κ1) is 19.6. The third-order valence-corrected chi connectivity index (χ3v) is 6.08. The Hall–Kier alpha value is -2.72. The molecule has 0 saturated carbocycles. The number of nitrogens with one attached hydrogen (secondary N) is 2. The maximum absolute atomic E-state index is 12.4.